The molecule has 4 rings (SSSR count). The van der Waals surface area contributed by atoms with E-state index < -0.39 is 6.04 Å². The molecule has 0 saturated heterocycles. The lowest BCUT2D eigenvalue weighted by Crippen LogP contribution is -2.21. The highest BCUT2D eigenvalue weighted by molar-refractivity contribution is 5.90. The number of fused-ring (bicyclic) bond motifs is 1. The van der Waals surface area contributed by atoms with Crippen molar-refractivity contribution in [1.82, 2.24) is 9.55 Å². The molecule has 5 heteroatoms. The summed E-state index contributed by atoms with van der Waals surface area (Å²) in [4.78, 5) is 21.0. The molecule has 0 fully saturated rings. The van der Waals surface area contributed by atoms with Crippen molar-refractivity contribution in [3.8, 4) is 0 Å². The van der Waals surface area contributed by atoms with E-state index in [9.17, 15) is 4.79 Å². The first-order valence-electron chi connectivity index (χ1n) is 8.32. The molecule has 0 saturated carbocycles. The molecule has 1 aliphatic heterocycles. The minimum atomic E-state index is -0.493. The van der Waals surface area contributed by atoms with Crippen molar-refractivity contribution in [1.29, 1.82) is 0 Å². The number of nitrogens with zero attached hydrogens (tertiary/aromatic N) is 3. The summed E-state index contributed by atoms with van der Waals surface area (Å²) in [6.45, 7) is 4.06. The standard InChI is InChI=1S/C20H19N3O2/c1-13-7-9-15(10-8-13)20-19(14(2)24)22-18(25-20)11-23-12-21-16-5-3-4-6-17(16)23/h3-10,12,19-20H,11H2,1-2H3. The van der Waals surface area contributed by atoms with Crippen LogP contribution in [-0.2, 0) is 16.1 Å². The van der Waals surface area contributed by atoms with E-state index in [0.29, 0.717) is 12.4 Å². The van der Waals surface area contributed by atoms with Crippen LogP contribution in [0.4, 0.5) is 0 Å². The first-order chi connectivity index (χ1) is 12.1. The molecule has 1 aromatic heterocycles. The van der Waals surface area contributed by atoms with Crippen LogP contribution in [0, 0.1) is 6.92 Å². The molecule has 2 aromatic carbocycles. The van der Waals surface area contributed by atoms with Crippen LogP contribution in [-0.4, -0.2) is 27.3 Å². The van der Waals surface area contributed by atoms with Gasteiger partial charge in [0.1, 0.15) is 0 Å². The molecule has 0 radical (unpaired) electrons. The van der Waals surface area contributed by atoms with Gasteiger partial charge >= 0.3 is 0 Å². The van der Waals surface area contributed by atoms with Gasteiger partial charge in [-0.25, -0.2) is 9.98 Å². The summed E-state index contributed by atoms with van der Waals surface area (Å²) in [7, 11) is 0. The Morgan fingerprint density at radius 1 is 1.16 bits per heavy atom. The zero-order valence-electron chi connectivity index (χ0n) is 14.2. The molecule has 0 bridgehead atoms. The minimum absolute atomic E-state index is 0.0102. The summed E-state index contributed by atoms with van der Waals surface area (Å²) in [6, 6.07) is 15.5. The Hall–Kier alpha value is -2.95. The number of aliphatic imine (C=N–C) groups is 1. The molecule has 0 aliphatic carbocycles. The molecule has 25 heavy (non-hydrogen) atoms. The number of hydrogen-bond donors (Lipinski definition) is 0. The molecule has 2 atom stereocenters. The fraction of sp³-hybridized carbons (Fsp3) is 0.250. The Bertz CT molecular complexity index is 956. The van der Waals surface area contributed by atoms with E-state index in [0.717, 1.165) is 16.6 Å². The predicted molar refractivity (Wildman–Crippen MR) is 96.6 cm³/mol. The highest BCUT2D eigenvalue weighted by Gasteiger charge is 2.35. The summed E-state index contributed by atoms with van der Waals surface area (Å²) in [5, 5.41) is 0. The number of para-hydroxylation sites is 2. The first kappa shape index (κ1) is 15.6. The van der Waals surface area contributed by atoms with Gasteiger partial charge in [-0.1, -0.05) is 42.0 Å². The maximum Gasteiger partial charge on any atom is 0.205 e. The smallest absolute Gasteiger partial charge is 0.205 e. The third kappa shape index (κ3) is 2.93. The van der Waals surface area contributed by atoms with E-state index in [1.807, 2.05) is 60.0 Å². The number of rotatable bonds is 4. The average molecular weight is 333 g/mol. The second kappa shape index (κ2) is 6.16. The Morgan fingerprint density at radius 2 is 1.92 bits per heavy atom. The quantitative estimate of drug-likeness (QED) is 0.734. The number of carbonyl (C=O) groups excluding carboxylic acids is 1. The zero-order chi connectivity index (χ0) is 17.4. The molecule has 0 N–H and O–H groups in total. The number of imidazole rings is 1. The van der Waals surface area contributed by atoms with E-state index in [-0.39, 0.29) is 11.9 Å². The maximum atomic E-state index is 12.1. The number of benzene rings is 2. The van der Waals surface area contributed by atoms with Gasteiger partial charge in [0, 0.05) is 0 Å². The largest absolute Gasteiger partial charge is 0.469 e. The topological polar surface area (TPSA) is 56.5 Å². The Labute approximate surface area is 146 Å². The number of carbonyl (C=O) groups is 1. The van der Waals surface area contributed by atoms with Crippen molar-refractivity contribution < 1.29 is 9.53 Å². The predicted octanol–water partition coefficient (Wildman–Crippen LogP) is 3.47. The van der Waals surface area contributed by atoms with Crippen molar-refractivity contribution in [3.63, 3.8) is 0 Å². The second-order valence-corrected chi connectivity index (χ2v) is 6.39. The lowest BCUT2D eigenvalue weighted by Gasteiger charge is -2.16. The van der Waals surface area contributed by atoms with Gasteiger partial charge in [0.05, 0.1) is 23.9 Å². The van der Waals surface area contributed by atoms with Gasteiger partial charge < -0.3 is 9.30 Å². The molecule has 3 aromatic rings. The molecular weight excluding hydrogens is 314 g/mol. The Morgan fingerprint density at radius 3 is 2.68 bits per heavy atom. The average Bonchev–Trinajstić information content (AvgIpc) is 3.21. The van der Waals surface area contributed by atoms with E-state index in [2.05, 4.69) is 9.98 Å². The normalized spacial score (nSPS) is 19.7. The van der Waals surface area contributed by atoms with E-state index >= 15 is 0 Å². The van der Waals surface area contributed by atoms with Gasteiger partial charge in [-0.05, 0) is 31.5 Å². The van der Waals surface area contributed by atoms with Crippen LogP contribution in [0.2, 0.25) is 0 Å². The summed E-state index contributed by atoms with van der Waals surface area (Å²) < 4.78 is 8.05. The van der Waals surface area contributed by atoms with Crippen LogP contribution in [0.1, 0.15) is 24.2 Å². The fourth-order valence-corrected chi connectivity index (χ4v) is 3.13. The molecule has 2 unspecified atom stereocenters. The zero-order valence-corrected chi connectivity index (χ0v) is 14.2. The van der Waals surface area contributed by atoms with Gasteiger partial charge in [-0.15, -0.1) is 0 Å². The molecule has 0 amide bonds. The number of ether oxygens (including phenoxy) is 1. The highest BCUT2D eigenvalue weighted by Crippen LogP contribution is 2.30. The maximum absolute atomic E-state index is 12.1. The number of Topliss-reactive ketones (excluding diaryl/α,β-unsaturated/α-hetero) is 1. The second-order valence-electron chi connectivity index (χ2n) is 6.39. The van der Waals surface area contributed by atoms with Crippen molar-refractivity contribution in [2.24, 2.45) is 4.99 Å². The van der Waals surface area contributed by atoms with Gasteiger partial charge in [0.15, 0.2) is 17.9 Å². The number of hydrogen-bond acceptors (Lipinski definition) is 4. The number of aromatic nitrogens is 2. The van der Waals surface area contributed by atoms with Crippen LogP contribution in [0.3, 0.4) is 0 Å². The summed E-state index contributed by atoms with van der Waals surface area (Å²) in [6.07, 6.45) is 1.42. The molecule has 5 nitrogen and oxygen atoms in total. The van der Waals surface area contributed by atoms with E-state index in [1.54, 1.807) is 13.3 Å². The number of aryl methyl sites for hydroxylation is 1. The highest BCUT2D eigenvalue weighted by atomic mass is 16.5. The van der Waals surface area contributed by atoms with Crippen LogP contribution in [0.15, 0.2) is 59.9 Å². The lowest BCUT2D eigenvalue weighted by atomic mass is 9.99. The van der Waals surface area contributed by atoms with Crippen LogP contribution in [0.25, 0.3) is 11.0 Å². The molecule has 1 aliphatic rings. The van der Waals surface area contributed by atoms with Gasteiger partial charge in [-0.2, -0.15) is 0 Å². The monoisotopic (exact) mass is 333 g/mol. The molecule has 2 heterocycles. The van der Waals surface area contributed by atoms with Gasteiger partial charge in [0.25, 0.3) is 0 Å². The van der Waals surface area contributed by atoms with Crippen molar-refractivity contribution in [2.45, 2.75) is 32.5 Å². The van der Waals surface area contributed by atoms with E-state index in [4.69, 9.17) is 4.74 Å². The Kier molecular flexibility index (Phi) is 3.84. The van der Waals surface area contributed by atoms with E-state index in [1.165, 1.54) is 5.56 Å². The SMILES string of the molecule is CC(=O)C1N=C(Cn2cnc3ccccc32)OC1c1ccc(C)cc1. The first-order valence-corrected chi connectivity index (χ1v) is 8.32. The summed E-state index contributed by atoms with van der Waals surface area (Å²) in [5.74, 6) is 0.574. The van der Waals surface area contributed by atoms with Crippen LogP contribution < -0.4 is 0 Å². The Balaban J connectivity index is 1.61. The van der Waals surface area contributed by atoms with Gasteiger partial charge in [-0.3, -0.25) is 4.79 Å². The minimum Gasteiger partial charge on any atom is -0.469 e. The van der Waals surface area contributed by atoms with Gasteiger partial charge in [0.2, 0.25) is 5.90 Å². The molecular formula is C20H19N3O2. The third-order valence-electron chi connectivity index (χ3n) is 4.49. The molecule has 126 valence electrons. The summed E-state index contributed by atoms with van der Waals surface area (Å²) in [5.41, 5.74) is 4.10. The molecule has 0 spiro atoms. The van der Waals surface area contributed by atoms with Crippen LogP contribution >= 0.6 is 0 Å². The van der Waals surface area contributed by atoms with Crippen LogP contribution in [0.5, 0.6) is 0 Å². The number of ketones is 1. The summed E-state index contributed by atoms with van der Waals surface area (Å²) >= 11 is 0. The van der Waals surface area contributed by atoms with Crippen molar-refractivity contribution >= 4 is 22.7 Å². The van der Waals surface area contributed by atoms with Crippen molar-refractivity contribution in [3.05, 3.63) is 66.0 Å². The third-order valence-corrected chi connectivity index (χ3v) is 4.49. The lowest BCUT2D eigenvalue weighted by molar-refractivity contribution is -0.119. The van der Waals surface area contributed by atoms with Crippen molar-refractivity contribution in [2.75, 3.05) is 0 Å². The fourth-order valence-electron chi connectivity index (χ4n) is 3.13.